The molecule has 1 aromatic rings. The smallest absolute Gasteiger partial charge is 0.129 e. The molecule has 0 aromatic heterocycles. The van der Waals surface area contributed by atoms with Crippen molar-refractivity contribution < 1.29 is 4.39 Å². The highest BCUT2D eigenvalue weighted by atomic mass is 19.1. The van der Waals surface area contributed by atoms with Crippen LogP contribution in [0.25, 0.3) is 0 Å². The maximum atomic E-state index is 13.4. The average molecular weight is 208 g/mol. The summed E-state index contributed by atoms with van der Waals surface area (Å²) in [6.07, 6.45) is -0.737. The molecule has 0 radical (unpaired) electrons. The van der Waals surface area contributed by atoms with Crippen molar-refractivity contribution in [1.29, 1.82) is 0 Å². The lowest BCUT2D eigenvalue weighted by Crippen LogP contribution is -2.34. The monoisotopic (exact) mass is 208 g/mol. The van der Waals surface area contributed by atoms with Gasteiger partial charge in [-0.15, -0.1) is 0 Å². The number of hydrogen-bond acceptors (Lipinski definition) is 2. The predicted molar refractivity (Wildman–Crippen MR) is 59.5 cm³/mol. The van der Waals surface area contributed by atoms with Gasteiger partial charge in [0.2, 0.25) is 0 Å². The topological polar surface area (TPSA) is 15.3 Å². The minimum Gasteiger partial charge on any atom is -0.313 e. The van der Waals surface area contributed by atoms with Crippen LogP contribution in [0.1, 0.15) is 5.56 Å². The molecular formula is C12H17FN2. The summed E-state index contributed by atoms with van der Waals surface area (Å²) >= 11 is 0. The molecule has 0 aliphatic carbocycles. The van der Waals surface area contributed by atoms with Crippen molar-refractivity contribution in [3.63, 3.8) is 0 Å². The lowest BCUT2D eigenvalue weighted by Gasteiger charge is -2.14. The van der Waals surface area contributed by atoms with Crippen molar-refractivity contribution in [3.8, 4) is 0 Å². The molecule has 1 heterocycles. The third-order valence-corrected chi connectivity index (χ3v) is 2.94. The molecule has 82 valence electrons. The molecule has 1 aliphatic rings. The van der Waals surface area contributed by atoms with E-state index in [-0.39, 0.29) is 6.04 Å². The minimum atomic E-state index is -0.737. The SMILES string of the molecule is CN[C@H]1CN(Cc2ccccc2)C[C@H]1F. The second-order valence-corrected chi connectivity index (χ2v) is 4.09. The van der Waals surface area contributed by atoms with E-state index in [1.807, 2.05) is 25.2 Å². The third-order valence-electron chi connectivity index (χ3n) is 2.94. The second-order valence-electron chi connectivity index (χ2n) is 4.09. The predicted octanol–water partition coefficient (Wildman–Crippen LogP) is 1.43. The van der Waals surface area contributed by atoms with Crippen LogP contribution >= 0.6 is 0 Å². The van der Waals surface area contributed by atoms with E-state index >= 15 is 0 Å². The quantitative estimate of drug-likeness (QED) is 0.808. The molecule has 0 amide bonds. The summed E-state index contributed by atoms with van der Waals surface area (Å²) in [5, 5.41) is 3.01. The van der Waals surface area contributed by atoms with Gasteiger partial charge in [0.05, 0.1) is 6.04 Å². The van der Waals surface area contributed by atoms with Crippen molar-refractivity contribution in [1.82, 2.24) is 10.2 Å². The van der Waals surface area contributed by atoms with Gasteiger partial charge < -0.3 is 5.32 Å². The Bertz CT molecular complexity index is 302. The van der Waals surface area contributed by atoms with Crippen molar-refractivity contribution >= 4 is 0 Å². The number of nitrogens with one attached hydrogen (secondary N) is 1. The fourth-order valence-electron chi connectivity index (χ4n) is 2.08. The van der Waals surface area contributed by atoms with Crippen LogP contribution in [0.4, 0.5) is 4.39 Å². The molecule has 1 N–H and O–H groups in total. The number of hydrogen-bond donors (Lipinski definition) is 1. The van der Waals surface area contributed by atoms with Crippen molar-refractivity contribution in [2.45, 2.75) is 18.8 Å². The molecule has 1 aromatic carbocycles. The first-order chi connectivity index (χ1) is 7.29. The number of halogens is 1. The lowest BCUT2D eigenvalue weighted by molar-refractivity contribution is 0.276. The molecule has 2 nitrogen and oxygen atoms in total. The molecule has 0 bridgehead atoms. The Kier molecular flexibility index (Phi) is 3.34. The summed E-state index contributed by atoms with van der Waals surface area (Å²) in [5.74, 6) is 0. The fourth-order valence-corrected chi connectivity index (χ4v) is 2.08. The number of likely N-dealkylation sites (N-methyl/N-ethyl adjacent to an activating group) is 1. The van der Waals surface area contributed by atoms with E-state index in [1.165, 1.54) is 5.56 Å². The zero-order chi connectivity index (χ0) is 10.7. The number of alkyl halides is 1. The molecule has 1 aliphatic heterocycles. The minimum absolute atomic E-state index is 0.00582. The van der Waals surface area contributed by atoms with Crippen LogP contribution in [-0.2, 0) is 6.54 Å². The average Bonchev–Trinajstić information content (AvgIpc) is 2.60. The van der Waals surface area contributed by atoms with E-state index in [2.05, 4.69) is 22.3 Å². The fraction of sp³-hybridized carbons (Fsp3) is 0.500. The third kappa shape index (κ3) is 2.55. The maximum absolute atomic E-state index is 13.4. The largest absolute Gasteiger partial charge is 0.313 e. The standard InChI is InChI=1S/C12H17FN2/c1-14-12-9-15(8-11(12)13)7-10-5-3-2-4-6-10/h2-6,11-12,14H,7-9H2,1H3/t11-,12+/m1/s1. The van der Waals surface area contributed by atoms with E-state index in [0.29, 0.717) is 6.54 Å². The number of benzene rings is 1. The summed E-state index contributed by atoms with van der Waals surface area (Å²) in [7, 11) is 1.82. The van der Waals surface area contributed by atoms with Gasteiger partial charge in [-0.25, -0.2) is 4.39 Å². The molecular weight excluding hydrogens is 191 g/mol. The summed E-state index contributed by atoms with van der Waals surface area (Å²) < 4.78 is 13.4. The van der Waals surface area contributed by atoms with Gasteiger partial charge >= 0.3 is 0 Å². The van der Waals surface area contributed by atoms with Gasteiger partial charge in [-0.2, -0.15) is 0 Å². The van der Waals surface area contributed by atoms with Gasteiger partial charge in [-0.3, -0.25) is 4.90 Å². The molecule has 0 spiro atoms. The zero-order valence-corrected chi connectivity index (χ0v) is 8.99. The lowest BCUT2D eigenvalue weighted by atomic mass is 10.2. The highest BCUT2D eigenvalue weighted by Gasteiger charge is 2.31. The first-order valence-corrected chi connectivity index (χ1v) is 5.37. The van der Waals surface area contributed by atoms with Crippen molar-refractivity contribution in [3.05, 3.63) is 35.9 Å². The van der Waals surface area contributed by atoms with Gasteiger partial charge in [0.1, 0.15) is 6.17 Å². The van der Waals surface area contributed by atoms with Crippen LogP contribution in [0.2, 0.25) is 0 Å². The van der Waals surface area contributed by atoms with Gasteiger partial charge in [0.15, 0.2) is 0 Å². The normalized spacial score (nSPS) is 27.1. The Balaban J connectivity index is 1.92. The Morgan fingerprint density at radius 2 is 2.07 bits per heavy atom. The first-order valence-electron chi connectivity index (χ1n) is 5.37. The van der Waals surface area contributed by atoms with Crippen LogP contribution in [0, 0.1) is 0 Å². The molecule has 2 rings (SSSR count). The van der Waals surface area contributed by atoms with Crippen LogP contribution < -0.4 is 5.32 Å². The second kappa shape index (κ2) is 4.73. The molecule has 1 fully saturated rings. The number of nitrogens with zero attached hydrogens (tertiary/aromatic N) is 1. The number of likely N-dealkylation sites (tertiary alicyclic amines) is 1. The van der Waals surface area contributed by atoms with Crippen LogP contribution in [0.15, 0.2) is 30.3 Å². The highest BCUT2D eigenvalue weighted by Crippen LogP contribution is 2.16. The Morgan fingerprint density at radius 1 is 1.33 bits per heavy atom. The summed E-state index contributed by atoms with van der Waals surface area (Å²) in [6.45, 7) is 2.19. The van der Waals surface area contributed by atoms with Crippen LogP contribution in [0.3, 0.4) is 0 Å². The molecule has 15 heavy (non-hydrogen) atoms. The summed E-state index contributed by atoms with van der Waals surface area (Å²) in [6, 6.07) is 10.2. The summed E-state index contributed by atoms with van der Waals surface area (Å²) in [5.41, 5.74) is 1.25. The van der Waals surface area contributed by atoms with E-state index in [4.69, 9.17) is 0 Å². The molecule has 0 unspecified atom stereocenters. The van der Waals surface area contributed by atoms with Crippen LogP contribution in [0.5, 0.6) is 0 Å². The maximum Gasteiger partial charge on any atom is 0.129 e. The zero-order valence-electron chi connectivity index (χ0n) is 8.99. The molecule has 3 heteroatoms. The van der Waals surface area contributed by atoms with E-state index in [1.54, 1.807) is 0 Å². The first kappa shape index (κ1) is 10.6. The van der Waals surface area contributed by atoms with E-state index in [0.717, 1.165) is 13.1 Å². The van der Waals surface area contributed by atoms with Gasteiger partial charge in [-0.1, -0.05) is 30.3 Å². The number of rotatable bonds is 3. The Morgan fingerprint density at radius 3 is 2.67 bits per heavy atom. The van der Waals surface area contributed by atoms with E-state index < -0.39 is 6.17 Å². The Hall–Kier alpha value is -0.930. The molecule has 2 atom stereocenters. The van der Waals surface area contributed by atoms with Gasteiger partial charge in [0.25, 0.3) is 0 Å². The van der Waals surface area contributed by atoms with Gasteiger partial charge in [-0.05, 0) is 12.6 Å². The summed E-state index contributed by atoms with van der Waals surface area (Å²) in [4.78, 5) is 2.15. The van der Waals surface area contributed by atoms with Crippen molar-refractivity contribution in [2.75, 3.05) is 20.1 Å². The molecule has 0 saturated carbocycles. The van der Waals surface area contributed by atoms with E-state index in [9.17, 15) is 4.39 Å². The Labute approximate surface area is 90.1 Å². The molecule has 1 saturated heterocycles. The highest BCUT2D eigenvalue weighted by molar-refractivity contribution is 5.14. The van der Waals surface area contributed by atoms with Gasteiger partial charge in [0, 0.05) is 19.6 Å². The van der Waals surface area contributed by atoms with Crippen LogP contribution in [-0.4, -0.2) is 37.3 Å². The van der Waals surface area contributed by atoms with Crippen molar-refractivity contribution in [2.24, 2.45) is 0 Å².